The molecule has 0 N–H and O–H groups in total. The molecule has 4 aromatic carbocycles. The van der Waals surface area contributed by atoms with Crippen molar-refractivity contribution < 1.29 is 13.5 Å². The first-order valence-corrected chi connectivity index (χ1v) is 9.71. The van der Waals surface area contributed by atoms with Crippen LogP contribution in [0.3, 0.4) is 0 Å². The highest BCUT2D eigenvalue weighted by atomic mass is 32.2. The van der Waals surface area contributed by atoms with Crippen LogP contribution in [0.5, 0.6) is 5.75 Å². The van der Waals surface area contributed by atoms with Crippen molar-refractivity contribution in [1.29, 1.82) is 0 Å². The number of hydrogen-bond donors (Lipinski definition) is 0. The van der Waals surface area contributed by atoms with Gasteiger partial charge in [0.15, 0.2) is 14.7 Å². The van der Waals surface area contributed by atoms with Gasteiger partial charge in [0.25, 0.3) is 0 Å². The Bertz CT molecular complexity index is 1030. The van der Waals surface area contributed by atoms with E-state index in [2.05, 4.69) is 6.07 Å². The van der Waals surface area contributed by atoms with Crippen molar-refractivity contribution in [2.24, 2.45) is 0 Å². The molecule has 0 aliphatic carbocycles. The average Bonchev–Trinajstić information content (AvgIpc) is 2.71. The second-order valence-corrected chi connectivity index (χ2v) is 8.02. The molecule has 4 rings (SSSR count). The summed E-state index contributed by atoms with van der Waals surface area (Å²) in [5, 5.41) is 2.08. The van der Waals surface area contributed by atoms with Gasteiger partial charge in [-0.15, -0.1) is 0 Å². The van der Waals surface area contributed by atoms with Crippen molar-refractivity contribution in [3.8, 4) is 5.75 Å². The van der Waals surface area contributed by atoms with Crippen molar-refractivity contribution in [2.75, 3.05) is 7.11 Å². The quantitative estimate of drug-likeness (QED) is 0.382. The molecule has 0 aliphatic rings. The van der Waals surface area contributed by atoms with E-state index in [1.165, 1.54) is 24.3 Å². The molecule has 0 radical (unpaired) electrons. The maximum Gasteiger partial charge on any atom is 0.174 e. The van der Waals surface area contributed by atoms with Crippen LogP contribution in [0.2, 0.25) is 0 Å². The molecular weight excluding hydrogens is 362 g/mol. The topological polar surface area (TPSA) is 9.23 Å². The lowest BCUT2D eigenvalue weighted by Crippen LogP contribution is -2.06. The minimum Gasteiger partial charge on any atom is -0.496 e. The van der Waals surface area contributed by atoms with Crippen LogP contribution in [0, 0.1) is 11.6 Å². The standard InChI is InChI=1S/C23H17F2OS/c1-26-22-14-15-23(21-5-3-2-4-20(21)22)27(18-10-6-16(24)7-11-18)19-12-8-17(25)9-13-19/h2-15H,1H3/q+1. The molecule has 4 heteroatoms. The van der Waals surface area contributed by atoms with Gasteiger partial charge >= 0.3 is 0 Å². The molecule has 0 saturated heterocycles. The van der Waals surface area contributed by atoms with Crippen LogP contribution in [0.1, 0.15) is 0 Å². The van der Waals surface area contributed by atoms with Gasteiger partial charge in [-0.25, -0.2) is 8.78 Å². The van der Waals surface area contributed by atoms with Crippen LogP contribution in [-0.2, 0) is 10.9 Å². The van der Waals surface area contributed by atoms with Crippen LogP contribution < -0.4 is 4.74 Å². The van der Waals surface area contributed by atoms with Gasteiger partial charge in [-0.2, -0.15) is 0 Å². The first-order chi connectivity index (χ1) is 13.2. The van der Waals surface area contributed by atoms with E-state index < -0.39 is 10.9 Å². The molecule has 27 heavy (non-hydrogen) atoms. The predicted octanol–water partition coefficient (Wildman–Crippen LogP) is 6.22. The molecule has 0 heterocycles. The van der Waals surface area contributed by atoms with E-state index >= 15 is 0 Å². The van der Waals surface area contributed by atoms with Gasteiger partial charge in [-0.3, -0.25) is 0 Å². The van der Waals surface area contributed by atoms with Crippen LogP contribution in [-0.4, -0.2) is 7.11 Å². The normalized spacial score (nSPS) is 11.1. The summed E-state index contributed by atoms with van der Waals surface area (Å²) in [5.41, 5.74) is 0. The molecule has 0 aliphatic heterocycles. The molecule has 0 spiro atoms. The summed E-state index contributed by atoms with van der Waals surface area (Å²) >= 11 is 0. The zero-order valence-electron chi connectivity index (χ0n) is 14.7. The molecule has 0 fully saturated rings. The number of halogens is 2. The minimum atomic E-state index is -0.505. The number of hydrogen-bond acceptors (Lipinski definition) is 1. The smallest absolute Gasteiger partial charge is 0.174 e. The fourth-order valence-electron chi connectivity index (χ4n) is 3.13. The molecule has 0 aromatic heterocycles. The maximum atomic E-state index is 13.5. The summed E-state index contributed by atoms with van der Waals surface area (Å²) in [6.45, 7) is 0. The second kappa shape index (κ2) is 7.41. The Morgan fingerprint density at radius 1 is 0.630 bits per heavy atom. The highest BCUT2D eigenvalue weighted by Crippen LogP contribution is 2.38. The lowest BCUT2D eigenvalue weighted by molar-refractivity contribution is 0.419. The average molecular weight is 379 g/mol. The lowest BCUT2D eigenvalue weighted by Gasteiger charge is -2.12. The molecule has 0 saturated carbocycles. The van der Waals surface area contributed by atoms with E-state index in [-0.39, 0.29) is 11.6 Å². The third-order valence-corrected chi connectivity index (χ3v) is 6.67. The number of ether oxygens (including phenoxy) is 1. The molecule has 4 aromatic rings. The zero-order valence-corrected chi connectivity index (χ0v) is 15.5. The van der Waals surface area contributed by atoms with E-state index in [0.29, 0.717) is 0 Å². The van der Waals surface area contributed by atoms with Gasteiger partial charge in [-0.1, -0.05) is 18.2 Å². The molecule has 134 valence electrons. The maximum absolute atomic E-state index is 13.5. The number of fused-ring (bicyclic) bond motifs is 1. The Labute approximate surface area is 159 Å². The summed E-state index contributed by atoms with van der Waals surface area (Å²) in [7, 11) is 1.15. The van der Waals surface area contributed by atoms with E-state index in [0.717, 1.165) is 31.2 Å². The first-order valence-electron chi connectivity index (χ1n) is 8.48. The van der Waals surface area contributed by atoms with Gasteiger partial charge in [-0.05, 0) is 66.7 Å². The highest BCUT2D eigenvalue weighted by Gasteiger charge is 2.31. The van der Waals surface area contributed by atoms with Gasteiger partial charge in [0, 0.05) is 10.8 Å². The predicted molar refractivity (Wildman–Crippen MR) is 105 cm³/mol. The molecule has 0 atom stereocenters. The van der Waals surface area contributed by atoms with Gasteiger partial charge in [0.2, 0.25) is 0 Å². The Morgan fingerprint density at radius 2 is 1.15 bits per heavy atom. The van der Waals surface area contributed by atoms with E-state index in [1.807, 2.05) is 30.3 Å². The number of methoxy groups -OCH3 is 1. The van der Waals surface area contributed by atoms with Crippen LogP contribution in [0.25, 0.3) is 10.8 Å². The molecule has 0 bridgehead atoms. The Hall–Kier alpha value is -2.85. The second-order valence-electron chi connectivity index (χ2n) is 6.03. The Morgan fingerprint density at radius 3 is 1.67 bits per heavy atom. The van der Waals surface area contributed by atoms with Crippen molar-refractivity contribution in [2.45, 2.75) is 14.7 Å². The largest absolute Gasteiger partial charge is 0.496 e. The lowest BCUT2D eigenvalue weighted by atomic mass is 10.1. The van der Waals surface area contributed by atoms with E-state index in [1.54, 1.807) is 31.4 Å². The molecule has 1 nitrogen and oxygen atoms in total. The first kappa shape index (κ1) is 17.6. The van der Waals surface area contributed by atoms with Crippen molar-refractivity contribution in [3.63, 3.8) is 0 Å². The van der Waals surface area contributed by atoms with Gasteiger partial charge < -0.3 is 4.74 Å². The fourth-order valence-corrected chi connectivity index (χ4v) is 5.33. The van der Waals surface area contributed by atoms with Gasteiger partial charge in [0.1, 0.15) is 17.4 Å². The van der Waals surface area contributed by atoms with Gasteiger partial charge in [0.05, 0.1) is 18.0 Å². The van der Waals surface area contributed by atoms with Crippen molar-refractivity contribution >= 4 is 21.7 Å². The minimum absolute atomic E-state index is 0.277. The van der Waals surface area contributed by atoms with Crippen LogP contribution >= 0.6 is 0 Å². The monoisotopic (exact) mass is 379 g/mol. The third-order valence-electron chi connectivity index (χ3n) is 4.38. The zero-order chi connectivity index (χ0) is 18.8. The van der Waals surface area contributed by atoms with Crippen molar-refractivity contribution in [3.05, 3.63) is 96.6 Å². The number of benzene rings is 4. The highest BCUT2D eigenvalue weighted by molar-refractivity contribution is 7.97. The van der Waals surface area contributed by atoms with Crippen LogP contribution in [0.4, 0.5) is 8.78 Å². The molecule has 0 amide bonds. The summed E-state index contributed by atoms with van der Waals surface area (Å²) in [4.78, 5) is 3.03. The summed E-state index contributed by atoms with van der Waals surface area (Å²) in [6.07, 6.45) is 0. The fraction of sp³-hybridized carbons (Fsp3) is 0.0435. The van der Waals surface area contributed by atoms with E-state index in [9.17, 15) is 8.78 Å². The number of rotatable bonds is 4. The van der Waals surface area contributed by atoms with Crippen LogP contribution in [0.15, 0.2) is 99.6 Å². The SMILES string of the molecule is COc1ccc([S+](c2ccc(F)cc2)c2ccc(F)cc2)c2ccccc12. The molecular formula is C23H17F2OS+. The third kappa shape index (κ3) is 3.40. The Kier molecular flexibility index (Phi) is 4.82. The Balaban J connectivity index is 1.98. The summed E-state index contributed by atoms with van der Waals surface area (Å²) in [5.74, 6) is 0.248. The summed E-state index contributed by atoms with van der Waals surface area (Å²) < 4.78 is 32.5. The molecule has 0 unspecified atom stereocenters. The summed E-state index contributed by atoms with van der Waals surface area (Å²) in [6, 6.07) is 25.1. The van der Waals surface area contributed by atoms with E-state index in [4.69, 9.17) is 4.74 Å². The van der Waals surface area contributed by atoms with Crippen molar-refractivity contribution in [1.82, 2.24) is 0 Å².